The number of anilines is 1. The SMILES string of the molecule is CON(C)C(=O)NN(C(=O)Cl)c1cccc2c1OC(C)C2. The highest BCUT2D eigenvalue weighted by molar-refractivity contribution is 6.66. The fourth-order valence-corrected chi connectivity index (χ4v) is 2.18. The van der Waals surface area contributed by atoms with Gasteiger partial charge in [-0.2, -0.15) is 0 Å². The highest BCUT2D eigenvalue weighted by Gasteiger charge is 2.28. The average molecular weight is 314 g/mol. The van der Waals surface area contributed by atoms with Crippen LogP contribution in [0.4, 0.5) is 15.3 Å². The second-order valence-electron chi connectivity index (χ2n) is 4.58. The first-order valence-electron chi connectivity index (χ1n) is 6.30. The van der Waals surface area contributed by atoms with E-state index in [1.165, 1.54) is 14.2 Å². The van der Waals surface area contributed by atoms with Gasteiger partial charge in [-0.3, -0.25) is 9.63 Å². The summed E-state index contributed by atoms with van der Waals surface area (Å²) in [6.45, 7) is 1.92. The van der Waals surface area contributed by atoms with Crippen molar-refractivity contribution in [2.24, 2.45) is 0 Å². The third-order valence-electron chi connectivity index (χ3n) is 3.09. The molecular weight excluding hydrogens is 298 g/mol. The number of nitrogens with one attached hydrogen (secondary N) is 1. The predicted molar refractivity (Wildman–Crippen MR) is 77.3 cm³/mol. The molecule has 0 aliphatic carbocycles. The number of hydrogen-bond donors (Lipinski definition) is 1. The number of carbonyl (C=O) groups is 2. The predicted octanol–water partition coefficient (Wildman–Crippen LogP) is 2.29. The zero-order valence-electron chi connectivity index (χ0n) is 11.9. The number of nitrogens with zero attached hydrogens (tertiary/aromatic N) is 2. The Labute approximate surface area is 127 Å². The smallest absolute Gasteiger partial charge is 0.360 e. The van der Waals surface area contributed by atoms with E-state index in [0.717, 1.165) is 22.1 Å². The molecule has 1 aromatic rings. The summed E-state index contributed by atoms with van der Waals surface area (Å²) in [4.78, 5) is 28.2. The van der Waals surface area contributed by atoms with Crippen molar-refractivity contribution in [3.05, 3.63) is 23.8 Å². The van der Waals surface area contributed by atoms with E-state index in [9.17, 15) is 9.59 Å². The van der Waals surface area contributed by atoms with Gasteiger partial charge in [0.1, 0.15) is 17.5 Å². The molecule has 2 rings (SSSR count). The van der Waals surface area contributed by atoms with Crippen molar-refractivity contribution in [2.45, 2.75) is 19.4 Å². The number of amides is 3. The largest absolute Gasteiger partial charge is 0.488 e. The molecule has 1 atom stereocenters. The van der Waals surface area contributed by atoms with Crippen molar-refractivity contribution in [3.8, 4) is 5.75 Å². The molecule has 7 nitrogen and oxygen atoms in total. The summed E-state index contributed by atoms with van der Waals surface area (Å²) >= 11 is 5.57. The van der Waals surface area contributed by atoms with Gasteiger partial charge in [-0.15, -0.1) is 0 Å². The molecular formula is C13H16ClN3O4. The van der Waals surface area contributed by atoms with Crippen LogP contribution in [0.1, 0.15) is 12.5 Å². The molecule has 1 N–H and O–H groups in total. The molecule has 0 aromatic heterocycles. The molecule has 3 amide bonds. The van der Waals surface area contributed by atoms with Crippen LogP contribution in [-0.4, -0.2) is 36.7 Å². The van der Waals surface area contributed by atoms with Crippen LogP contribution in [0.25, 0.3) is 0 Å². The molecule has 0 spiro atoms. The van der Waals surface area contributed by atoms with Crippen LogP contribution in [0.3, 0.4) is 0 Å². The van der Waals surface area contributed by atoms with Gasteiger partial charge in [0.2, 0.25) is 0 Å². The van der Waals surface area contributed by atoms with Crippen LogP contribution < -0.4 is 15.2 Å². The lowest BCUT2D eigenvalue weighted by Crippen LogP contribution is -2.49. The van der Waals surface area contributed by atoms with Crippen molar-refractivity contribution in [3.63, 3.8) is 0 Å². The van der Waals surface area contributed by atoms with Gasteiger partial charge in [-0.05, 0) is 24.6 Å². The molecule has 1 aliphatic rings. The minimum absolute atomic E-state index is 0.00535. The zero-order chi connectivity index (χ0) is 15.6. The fraction of sp³-hybridized carbons (Fsp3) is 0.385. The quantitative estimate of drug-likeness (QED) is 0.516. The number of urea groups is 1. The van der Waals surface area contributed by atoms with E-state index in [-0.39, 0.29) is 6.10 Å². The Morgan fingerprint density at radius 2 is 2.19 bits per heavy atom. The van der Waals surface area contributed by atoms with Crippen molar-refractivity contribution < 1.29 is 19.2 Å². The number of carbonyl (C=O) groups excluding carboxylic acids is 2. The lowest BCUT2D eigenvalue weighted by atomic mass is 10.1. The van der Waals surface area contributed by atoms with E-state index in [1.807, 2.05) is 13.0 Å². The van der Waals surface area contributed by atoms with Crippen LogP contribution in [0, 0.1) is 0 Å². The molecule has 1 aliphatic heterocycles. The maximum atomic E-state index is 11.8. The Bertz CT molecular complexity index is 566. The fourth-order valence-electron chi connectivity index (χ4n) is 2.04. The van der Waals surface area contributed by atoms with Gasteiger partial charge in [-0.1, -0.05) is 12.1 Å². The first-order chi connectivity index (χ1) is 9.93. The van der Waals surface area contributed by atoms with Gasteiger partial charge in [0.25, 0.3) is 0 Å². The van der Waals surface area contributed by atoms with Gasteiger partial charge >= 0.3 is 11.4 Å². The van der Waals surface area contributed by atoms with Gasteiger partial charge in [0, 0.05) is 19.0 Å². The summed E-state index contributed by atoms with van der Waals surface area (Å²) in [5.41, 5.74) is 3.70. The van der Waals surface area contributed by atoms with Crippen LogP contribution in [-0.2, 0) is 11.3 Å². The Hall–Kier alpha value is -1.99. The maximum absolute atomic E-state index is 11.8. The molecule has 0 bridgehead atoms. The number of hydrazine groups is 1. The summed E-state index contributed by atoms with van der Waals surface area (Å²) < 4.78 is 5.69. The monoisotopic (exact) mass is 313 g/mol. The summed E-state index contributed by atoms with van der Waals surface area (Å²) in [5.74, 6) is 0.541. The molecule has 21 heavy (non-hydrogen) atoms. The number of ether oxygens (including phenoxy) is 1. The summed E-state index contributed by atoms with van der Waals surface area (Å²) in [6, 6.07) is 4.68. The molecule has 114 valence electrons. The van der Waals surface area contributed by atoms with Crippen molar-refractivity contribution >= 4 is 28.7 Å². The number of benzene rings is 1. The van der Waals surface area contributed by atoms with Crippen molar-refractivity contribution in [1.29, 1.82) is 0 Å². The molecule has 0 fully saturated rings. The van der Waals surface area contributed by atoms with Crippen LogP contribution >= 0.6 is 11.6 Å². The average Bonchev–Trinajstić information content (AvgIpc) is 2.83. The summed E-state index contributed by atoms with van der Waals surface area (Å²) in [7, 11) is 2.73. The molecule has 1 heterocycles. The summed E-state index contributed by atoms with van der Waals surface area (Å²) in [5, 5.41) is 1.000. The molecule has 8 heteroatoms. The molecule has 1 unspecified atom stereocenters. The Morgan fingerprint density at radius 1 is 1.48 bits per heavy atom. The number of hydrogen-bond acceptors (Lipinski definition) is 4. The van der Waals surface area contributed by atoms with Gasteiger partial charge in [0.15, 0.2) is 0 Å². The number of halogens is 1. The third kappa shape index (κ3) is 3.20. The van der Waals surface area contributed by atoms with Crippen molar-refractivity contribution in [1.82, 2.24) is 10.5 Å². The molecule has 0 saturated heterocycles. The van der Waals surface area contributed by atoms with Gasteiger partial charge < -0.3 is 4.74 Å². The molecule has 0 radical (unpaired) electrons. The van der Waals surface area contributed by atoms with Crippen molar-refractivity contribution in [2.75, 3.05) is 19.2 Å². The zero-order valence-corrected chi connectivity index (χ0v) is 12.7. The van der Waals surface area contributed by atoms with E-state index in [0.29, 0.717) is 11.4 Å². The highest BCUT2D eigenvalue weighted by Crippen LogP contribution is 2.38. The molecule has 0 saturated carbocycles. The number of para-hydroxylation sites is 1. The van der Waals surface area contributed by atoms with E-state index in [4.69, 9.17) is 21.2 Å². The van der Waals surface area contributed by atoms with E-state index in [1.54, 1.807) is 12.1 Å². The summed E-state index contributed by atoms with van der Waals surface area (Å²) in [6.07, 6.45) is 0.741. The van der Waals surface area contributed by atoms with E-state index >= 15 is 0 Å². The first-order valence-corrected chi connectivity index (χ1v) is 6.68. The normalized spacial score (nSPS) is 15.9. The Balaban J connectivity index is 2.30. The minimum atomic E-state index is -0.857. The Morgan fingerprint density at radius 3 is 2.81 bits per heavy atom. The van der Waals surface area contributed by atoms with Gasteiger partial charge in [-0.25, -0.2) is 20.3 Å². The second-order valence-corrected chi connectivity index (χ2v) is 4.91. The standard InChI is InChI=1S/C13H16ClN3O4/c1-8-7-9-5-4-6-10(11(9)21-8)17(12(14)18)15-13(19)16(2)20-3/h4-6,8H,7H2,1-3H3,(H,15,19). The second kappa shape index (κ2) is 6.19. The van der Waals surface area contributed by atoms with Crippen LogP contribution in [0.5, 0.6) is 5.75 Å². The van der Waals surface area contributed by atoms with Gasteiger partial charge in [0.05, 0.1) is 7.11 Å². The van der Waals surface area contributed by atoms with Crippen LogP contribution in [0.2, 0.25) is 0 Å². The lowest BCUT2D eigenvalue weighted by Gasteiger charge is -2.24. The van der Waals surface area contributed by atoms with Crippen LogP contribution in [0.15, 0.2) is 18.2 Å². The number of rotatable bonds is 2. The first kappa shape index (κ1) is 15.4. The third-order valence-corrected chi connectivity index (χ3v) is 3.26. The Kier molecular flexibility index (Phi) is 4.54. The topological polar surface area (TPSA) is 71.1 Å². The number of hydroxylamine groups is 2. The lowest BCUT2D eigenvalue weighted by molar-refractivity contribution is -0.0647. The number of fused-ring (bicyclic) bond motifs is 1. The maximum Gasteiger partial charge on any atom is 0.360 e. The molecule has 1 aromatic carbocycles. The minimum Gasteiger partial charge on any atom is -0.488 e. The highest BCUT2D eigenvalue weighted by atomic mass is 35.5. The van der Waals surface area contributed by atoms with E-state index < -0.39 is 11.4 Å². The van der Waals surface area contributed by atoms with E-state index in [2.05, 4.69) is 5.43 Å².